The Morgan fingerprint density at radius 3 is 3.00 bits per heavy atom. The SMILES string of the molecule is N#Cc1nc(CCl)cnc1N. The van der Waals surface area contributed by atoms with Crippen LogP contribution in [0.4, 0.5) is 5.82 Å². The van der Waals surface area contributed by atoms with E-state index in [9.17, 15) is 0 Å². The number of aromatic nitrogens is 2. The van der Waals surface area contributed by atoms with E-state index in [0.29, 0.717) is 5.69 Å². The topological polar surface area (TPSA) is 75.6 Å². The van der Waals surface area contributed by atoms with Crippen molar-refractivity contribution in [1.82, 2.24) is 9.97 Å². The maximum Gasteiger partial charge on any atom is 0.183 e. The molecule has 0 fully saturated rings. The van der Waals surface area contributed by atoms with E-state index in [2.05, 4.69) is 9.97 Å². The van der Waals surface area contributed by atoms with E-state index in [4.69, 9.17) is 22.6 Å². The van der Waals surface area contributed by atoms with Crippen molar-refractivity contribution in [1.29, 1.82) is 5.26 Å². The highest BCUT2D eigenvalue weighted by molar-refractivity contribution is 6.16. The summed E-state index contributed by atoms with van der Waals surface area (Å²) in [6.45, 7) is 0. The summed E-state index contributed by atoms with van der Waals surface area (Å²) in [5.74, 6) is 0.378. The molecular weight excluding hydrogens is 164 g/mol. The average molecular weight is 169 g/mol. The number of nitrogen functional groups attached to an aromatic ring is 1. The largest absolute Gasteiger partial charge is 0.381 e. The van der Waals surface area contributed by atoms with Crippen LogP contribution < -0.4 is 5.73 Å². The van der Waals surface area contributed by atoms with Crippen LogP contribution in [-0.4, -0.2) is 9.97 Å². The molecule has 0 spiro atoms. The van der Waals surface area contributed by atoms with Gasteiger partial charge in [-0.1, -0.05) is 0 Å². The van der Waals surface area contributed by atoms with E-state index in [1.807, 2.05) is 6.07 Å². The molecule has 0 atom stereocenters. The maximum absolute atomic E-state index is 8.46. The zero-order valence-corrected chi connectivity index (χ0v) is 6.34. The second-order valence-electron chi connectivity index (χ2n) is 1.84. The molecule has 0 amide bonds. The van der Waals surface area contributed by atoms with E-state index >= 15 is 0 Å². The van der Waals surface area contributed by atoms with Gasteiger partial charge in [-0.15, -0.1) is 11.6 Å². The number of nitrogens with two attached hydrogens (primary N) is 1. The lowest BCUT2D eigenvalue weighted by atomic mass is 10.4. The predicted molar refractivity (Wildman–Crippen MR) is 40.7 cm³/mol. The van der Waals surface area contributed by atoms with Crippen molar-refractivity contribution in [3.8, 4) is 6.07 Å². The summed E-state index contributed by atoms with van der Waals surface area (Å²) in [7, 11) is 0. The van der Waals surface area contributed by atoms with E-state index in [-0.39, 0.29) is 17.4 Å². The number of hydrogen-bond acceptors (Lipinski definition) is 4. The normalized spacial score (nSPS) is 9.09. The van der Waals surface area contributed by atoms with Crippen molar-refractivity contribution in [2.45, 2.75) is 5.88 Å². The van der Waals surface area contributed by atoms with Gasteiger partial charge >= 0.3 is 0 Å². The van der Waals surface area contributed by atoms with Crippen LogP contribution in [0.15, 0.2) is 6.20 Å². The lowest BCUT2D eigenvalue weighted by molar-refractivity contribution is 1.08. The molecule has 0 saturated heterocycles. The fourth-order valence-electron chi connectivity index (χ4n) is 0.582. The van der Waals surface area contributed by atoms with Gasteiger partial charge in [0.15, 0.2) is 11.5 Å². The molecule has 1 rings (SSSR count). The molecule has 56 valence electrons. The molecule has 11 heavy (non-hydrogen) atoms. The number of anilines is 1. The van der Waals surface area contributed by atoms with Gasteiger partial charge in [0.1, 0.15) is 6.07 Å². The first-order valence-electron chi connectivity index (χ1n) is 2.85. The van der Waals surface area contributed by atoms with Crippen LogP contribution in [0.1, 0.15) is 11.4 Å². The highest BCUT2D eigenvalue weighted by Crippen LogP contribution is 2.05. The van der Waals surface area contributed by atoms with Crippen molar-refractivity contribution >= 4 is 17.4 Å². The van der Waals surface area contributed by atoms with Gasteiger partial charge in [0, 0.05) is 0 Å². The molecule has 0 saturated carbocycles. The van der Waals surface area contributed by atoms with Gasteiger partial charge in [0.25, 0.3) is 0 Å². The molecule has 0 unspecified atom stereocenters. The highest BCUT2D eigenvalue weighted by Gasteiger charge is 2.01. The smallest absolute Gasteiger partial charge is 0.183 e. The van der Waals surface area contributed by atoms with Crippen molar-refractivity contribution in [3.63, 3.8) is 0 Å². The summed E-state index contributed by atoms with van der Waals surface area (Å²) in [6.07, 6.45) is 1.45. The molecule has 0 aliphatic rings. The molecule has 4 nitrogen and oxygen atoms in total. The van der Waals surface area contributed by atoms with Gasteiger partial charge in [-0.2, -0.15) is 5.26 Å². The summed E-state index contributed by atoms with van der Waals surface area (Å²) in [6, 6.07) is 1.81. The minimum atomic E-state index is 0.128. The Balaban J connectivity index is 3.15. The number of alkyl halides is 1. The standard InChI is InChI=1S/C6H5ClN4/c7-1-4-3-10-6(9)5(2-8)11-4/h3H,1H2,(H2,9,10). The Kier molecular flexibility index (Phi) is 2.24. The van der Waals surface area contributed by atoms with Crippen molar-refractivity contribution in [3.05, 3.63) is 17.6 Å². The van der Waals surface area contributed by atoms with Crippen LogP contribution in [-0.2, 0) is 5.88 Å². The van der Waals surface area contributed by atoms with Gasteiger partial charge in [0.2, 0.25) is 0 Å². The summed E-state index contributed by atoms with van der Waals surface area (Å²) < 4.78 is 0. The molecule has 1 heterocycles. The Morgan fingerprint density at radius 2 is 2.45 bits per heavy atom. The molecule has 2 N–H and O–H groups in total. The molecule has 1 aromatic rings. The molecular formula is C6H5ClN4. The zero-order chi connectivity index (χ0) is 8.27. The average Bonchev–Trinajstić information content (AvgIpc) is 2.05. The highest BCUT2D eigenvalue weighted by atomic mass is 35.5. The zero-order valence-electron chi connectivity index (χ0n) is 5.58. The summed E-state index contributed by atoms with van der Waals surface area (Å²) in [5, 5.41) is 8.46. The molecule has 0 bridgehead atoms. The van der Waals surface area contributed by atoms with Crippen molar-refractivity contribution in [2.75, 3.05) is 5.73 Å². The minimum Gasteiger partial charge on any atom is -0.381 e. The third-order valence-electron chi connectivity index (χ3n) is 1.09. The second-order valence-corrected chi connectivity index (χ2v) is 2.11. The lowest BCUT2D eigenvalue weighted by Gasteiger charge is -1.96. The minimum absolute atomic E-state index is 0.128. The Bertz CT molecular complexity index is 304. The molecule has 0 aliphatic carbocycles. The summed E-state index contributed by atoms with van der Waals surface area (Å²) in [5.41, 5.74) is 6.00. The number of rotatable bonds is 1. The lowest BCUT2D eigenvalue weighted by Crippen LogP contribution is -1.99. The van der Waals surface area contributed by atoms with Crippen molar-refractivity contribution in [2.24, 2.45) is 0 Å². The van der Waals surface area contributed by atoms with Crippen LogP contribution >= 0.6 is 11.6 Å². The van der Waals surface area contributed by atoms with Gasteiger partial charge in [-0.25, -0.2) is 9.97 Å². The first-order valence-corrected chi connectivity index (χ1v) is 3.39. The molecule has 1 aromatic heterocycles. The first kappa shape index (κ1) is 7.76. The number of hydrogen-bond donors (Lipinski definition) is 1. The summed E-state index contributed by atoms with van der Waals surface area (Å²) in [4.78, 5) is 7.56. The van der Waals surface area contributed by atoms with Gasteiger partial charge in [0.05, 0.1) is 17.8 Å². The molecule has 0 aromatic carbocycles. The second kappa shape index (κ2) is 3.17. The van der Waals surface area contributed by atoms with Gasteiger partial charge in [-0.3, -0.25) is 0 Å². The van der Waals surface area contributed by atoms with Crippen LogP contribution in [0.25, 0.3) is 0 Å². The fourth-order valence-corrected chi connectivity index (χ4v) is 0.710. The quantitative estimate of drug-likeness (QED) is 0.626. The van der Waals surface area contributed by atoms with Crippen LogP contribution in [0.3, 0.4) is 0 Å². The molecule has 5 heteroatoms. The Morgan fingerprint density at radius 1 is 1.73 bits per heavy atom. The molecule has 0 radical (unpaired) electrons. The van der Waals surface area contributed by atoms with E-state index in [1.54, 1.807) is 0 Å². The monoisotopic (exact) mass is 168 g/mol. The molecule has 0 aliphatic heterocycles. The van der Waals surface area contributed by atoms with Crippen LogP contribution in [0.2, 0.25) is 0 Å². The van der Waals surface area contributed by atoms with E-state index in [1.165, 1.54) is 6.20 Å². The van der Waals surface area contributed by atoms with E-state index < -0.39 is 0 Å². The summed E-state index contributed by atoms with van der Waals surface area (Å²) >= 11 is 5.46. The van der Waals surface area contributed by atoms with Crippen LogP contribution in [0.5, 0.6) is 0 Å². The Labute approximate surface area is 68.6 Å². The Hall–Kier alpha value is -1.34. The number of halogens is 1. The van der Waals surface area contributed by atoms with Crippen LogP contribution in [0, 0.1) is 11.3 Å². The first-order chi connectivity index (χ1) is 5.27. The van der Waals surface area contributed by atoms with Gasteiger partial charge < -0.3 is 5.73 Å². The third-order valence-corrected chi connectivity index (χ3v) is 1.37. The van der Waals surface area contributed by atoms with E-state index in [0.717, 1.165) is 0 Å². The predicted octanol–water partition coefficient (Wildman–Crippen LogP) is 0.669. The number of nitriles is 1. The van der Waals surface area contributed by atoms with Gasteiger partial charge in [-0.05, 0) is 0 Å². The fraction of sp³-hybridized carbons (Fsp3) is 0.167. The maximum atomic E-state index is 8.46. The van der Waals surface area contributed by atoms with Crippen molar-refractivity contribution < 1.29 is 0 Å². The third kappa shape index (κ3) is 1.57. The number of nitrogens with zero attached hydrogens (tertiary/aromatic N) is 3.